The summed E-state index contributed by atoms with van der Waals surface area (Å²) in [7, 11) is 0. The minimum absolute atomic E-state index is 0.0139. The van der Waals surface area contributed by atoms with Crippen molar-refractivity contribution in [1.29, 1.82) is 0 Å². The molecule has 3 nitrogen and oxygen atoms in total. The van der Waals surface area contributed by atoms with Gasteiger partial charge in [-0.15, -0.1) is 6.42 Å². The Kier molecular flexibility index (Phi) is 7.70. The number of hydrogen-bond donors (Lipinski definition) is 2. The number of carbonyl (C=O) groups is 1. The summed E-state index contributed by atoms with van der Waals surface area (Å²) in [6, 6.07) is 9.08. The molecule has 1 amide bonds. The molecule has 0 aliphatic heterocycles. The molecule has 22 heavy (non-hydrogen) atoms. The van der Waals surface area contributed by atoms with Crippen LogP contribution in [0.5, 0.6) is 0 Å². The lowest BCUT2D eigenvalue weighted by molar-refractivity contribution is -0.692. The highest BCUT2D eigenvalue weighted by Gasteiger charge is 2.20. The number of nitrogens with two attached hydrogens (primary N) is 1. The molecule has 0 aromatic heterocycles. The first-order chi connectivity index (χ1) is 10.4. The summed E-state index contributed by atoms with van der Waals surface area (Å²) in [6.07, 6.45) is 6.25. The molecule has 1 aromatic rings. The quantitative estimate of drug-likeness (QED) is 0.708. The zero-order valence-corrected chi connectivity index (χ0v) is 14.2. The van der Waals surface area contributed by atoms with Gasteiger partial charge in [-0.1, -0.05) is 57.9 Å². The largest absolute Gasteiger partial charge is 0.340 e. The van der Waals surface area contributed by atoms with Crippen LogP contribution in [0.3, 0.4) is 0 Å². The Labute approximate surface area is 134 Å². The lowest BCUT2D eigenvalue weighted by Gasteiger charge is -2.20. The zero-order valence-electron chi connectivity index (χ0n) is 14.2. The first kappa shape index (κ1) is 18.3. The molecule has 120 valence electrons. The van der Waals surface area contributed by atoms with E-state index in [4.69, 9.17) is 6.42 Å². The van der Waals surface area contributed by atoms with E-state index < -0.39 is 0 Å². The highest BCUT2D eigenvalue weighted by atomic mass is 16.1. The third-order valence-electron chi connectivity index (χ3n) is 3.67. The van der Waals surface area contributed by atoms with Gasteiger partial charge in [0.1, 0.15) is 6.04 Å². The standard InChI is InChI=1S/C19H28N2O/c1-6-11-20-18(22)13-21-19(15(4)5)17-9-7-16(8-10-17)12-14(2)3/h1,7-10,14-15,19,21H,11-13H2,2-5H3,(H,20,22)/p+1/t19-/m1/s1. The number of terminal acetylenes is 1. The fourth-order valence-electron chi connectivity index (χ4n) is 2.60. The van der Waals surface area contributed by atoms with Crippen molar-refractivity contribution in [2.45, 2.75) is 40.2 Å². The zero-order chi connectivity index (χ0) is 16.5. The Hall–Kier alpha value is -1.79. The summed E-state index contributed by atoms with van der Waals surface area (Å²) in [5.74, 6) is 3.52. The maximum atomic E-state index is 11.7. The highest BCUT2D eigenvalue weighted by molar-refractivity contribution is 5.76. The van der Waals surface area contributed by atoms with E-state index in [0.717, 1.165) is 6.42 Å². The van der Waals surface area contributed by atoms with Gasteiger partial charge in [-0.2, -0.15) is 0 Å². The van der Waals surface area contributed by atoms with Gasteiger partial charge >= 0.3 is 0 Å². The Morgan fingerprint density at radius 1 is 1.23 bits per heavy atom. The van der Waals surface area contributed by atoms with E-state index in [1.807, 2.05) is 0 Å². The minimum atomic E-state index is -0.0139. The molecule has 0 heterocycles. The van der Waals surface area contributed by atoms with Crippen LogP contribution in [-0.4, -0.2) is 19.0 Å². The van der Waals surface area contributed by atoms with Crippen LogP contribution < -0.4 is 10.6 Å². The number of benzene rings is 1. The average Bonchev–Trinajstić information content (AvgIpc) is 2.46. The van der Waals surface area contributed by atoms with E-state index in [0.29, 0.717) is 24.9 Å². The predicted octanol–water partition coefficient (Wildman–Crippen LogP) is 1.90. The number of rotatable bonds is 8. The molecule has 0 saturated carbocycles. The van der Waals surface area contributed by atoms with E-state index in [2.05, 4.69) is 68.5 Å². The van der Waals surface area contributed by atoms with Crippen LogP contribution in [-0.2, 0) is 11.2 Å². The van der Waals surface area contributed by atoms with Gasteiger partial charge in [-0.25, -0.2) is 0 Å². The molecule has 0 radical (unpaired) electrons. The molecule has 1 atom stereocenters. The van der Waals surface area contributed by atoms with E-state index >= 15 is 0 Å². The number of nitrogens with one attached hydrogen (secondary N) is 1. The van der Waals surface area contributed by atoms with Gasteiger partial charge in [0.15, 0.2) is 6.54 Å². The van der Waals surface area contributed by atoms with Gasteiger partial charge in [0.25, 0.3) is 5.91 Å². The van der Waals surface area contributed by atoms with Gasteiger partial charge in [0.2, 0.25) is 0 Å². The molecule has 0 saturated heterocycles. The third kappa shape index (κ3) is 6.32. The number of carbonyl (C=O) groups excluding carboxylic acids is 1. The van der Waals surface area contributed by atoms with Crippen molar-refractivity contribution in [3.05, 3.63) is 35.4 Å². The van der Waals surface area contributed by atoms with Crippen molar-refractivity contribution in [3.63, 3.8) is 0 Å². The molecule has 3 heteroatoms. The van der Waals surface area contributed by atoms with Crippen molar-refractivity contribution in [3.8, 4) is 12.3 Å². The van der Waals surface area contributed by atoms with Gasteiger partial charge in [-0.05, 0) is 17.9 Å². The molecular weight excluding hydrogens is 272 g/mol. The Balaban J connectivity index is 2.67. The van der Waals surface area contributed by atoms with Crippen molar-refractivity contribution < 1.29 is 10.1 Å². The molecule has 1 aromatic carbocycles. The fourth-order valence-corrected chi connectivity index (χ4v) is 2.60. The van der Waals surface area contributed by atoms with Crippen LogP contribution in [0.2, 0.25) is 0 Å². The second-order valence-corrected chi connectivity index (χ2v) is 6.53. The maximum absolute atomic E-state index is 11.7. The number of quaternary nitrogens is 1. The lowest BCUT2D eigenvalue weighted by Crippen LogP contribution is -2.88. The van der Waals surface area contributed by atoms with Crippen molar-refractivity contribution >= 4 is 5.91 Å². The van der Waals surface area contributed by atoms with Gasteiger partial charge < -0.3 is 10.6 Å². The summed E-state index contributed by atoms with van der Waals surface area (Å²) >= 11 is 0. The van der Waals surface area contributed by atoms with Crippen LogP contribution >= 0.6 is 0 Å². The van der Waals surface area contributed by atoms with Crippen molar-refractivity contribution in [2.24, 2.45) is 11.8 Å². The molecule has 0 fully saturated rings. The van der Waals surface area contributed by atoms with Crippen LogP contribution in [0.4, 0.5) is 0 Å². The normalized spacial score (nSPS) is 12.2. The van der Waals surface area contributed by atoms with E-state index in [1.165, 1.54) is 11.1 Å². The number of amides is 1. The molecule has 0 aliphatic carbocycles. The fraction of sp³-hybridized carbons (Fsp3) is 0.526. The molecule has 0 spiro atoms. The van der Waals surface area contributed by atoms with Crippen LogP contribution in [0.1, 0.15) is 44.9 Å². The van der Waals surface area contributed by atoms with E-state index in [9.17, 15) is 4.79 Å². The van der Waals surface area contributed by atoms with E-state index in [-0.39, 0.29) is 11.9 Å². The molecule has 0 aliphatic rings. The minimum Gasteiger partial charge on any atom is -0.340 e. The summed E-state index contributed by atoms with van der Waals surface area (Å²) in [6.45, 7) is 9.52. The Morgan fingerprint density at radius 3 is 2.36 bits per heavy atom. The molecular formula is C19H29N2O+. The topological polar surface area (TPSA) is 45.7 Å². The summed E-state index contributed by atoms with van der Waals surface area (Å²) < 4.78 is 0. The summed E-state index contributed by atoms with van der Waals surface area (Å²) in [4.78, 5) is 11.7. The Morgan fingerprint density at radius 2 is 1.86 bits per heavy atom. The van der Waals surface area contributed by atoms with Crippen molar-refractivity contribution in [1.82, 2.24) is 5.32 Å². The maximum Gasteiger partial charge on any atom is 0.275 e. The molecule has 0 unspecified atom stereocenters. The third-order valence-corrected chi connectivity index (χ3v) is 3.67. The highest BCUT2D eigenvalue weighted by Crippen LogP contribution is 2.19. The first-order valence-electron chi connectivity index (χ1n) is 8.06. The van der Waals surface area contributed by atoms with Gasteiger partial charge in [0, 0.05) is 11.5 Å². The van der Waals surface area contributed by atoms with Gasteiger partial charge in [0.05, 0.1) is 6.54 Å². The summed E-state index contributed by atoms with van der Waals surface area (Å²) in [5, 5.41) is 4.79. The smallest absolute Gasteiger partial charge is 0.275 e. The second kappa shape index (κ2) is 9.27. The summed E-state index contributed by atoms with van der Waals surface area (Å²) in [5.41, 5.74) is 2.64. The SMILES string of the molecule is C#CCNC(=O)C[NH2+][C@@H](c1ccc(CC(C)C)cc1)C(C)C. The van der Waals surface area contributed by atoms with Gasteiger partial charge in [-0.3, -0.25) is 4.79 Å². The van der Waals surface area contributed by atoms with Crippen molar-refractivity contribution in [2.75, 3.05) is 13.1 Å². The van der Waals surface area contributed by atoms with Crippen LogP contribution in [0, 0.1) is 24.2 Å². The monoisotopic (exact) mass is 301 g/mol. The molecule has 3 N–H and O–H groups in total. The molecule has 0 bridgehead atoms. The average molecular weight is 301 g/mol. The number of hydrogen-bond acceptors (Lipinski definition) is 1. The first-order valence-corrected chi connectivity index (χ1v) is 8.06. The van der Waals surface area contributed by atoms with Crippen LogP contribution in [0.15, 0.2) is 24.3 Å². The lowest BCUT2D eigenvalue weighted by atomic mass is 9.94. The van der Waals surface area contributed by atoms with E-state index in [1.54, 1.807) is 0 Å². The molecule has 1 rings (SSSR count). The predicted molar refractivity (Wildman–Crippen MR) is 91.2 cm³/mol. The second-order valence-electron chi connectivity index (χ2n) is 6.53. The Bertz CT molecular complexity index is 497. The van der Waals surface area contributed by atoms with Crippen LogP contribution in [0.25, 0.3) is 0 Å².